The largest absolute Gasteiger partial charge is 0.352 e. The molecule has 0 aliphatic carbocycles. The Kier molecular flexibility index (Phi) is 6.07. The Hall–Kier alpha value is -3.48. The third kappa shape index (κ3) is 4.68. The molecule has 7 heteroatoms. The number of amides is 2. The van der Waals surface area contributed by atoms with E-state index in [1.807, 2.05) is 31.2 Å². The summed E-state index contributed by atoms with van der Waals surface area (Å²) in [6.45, 7) is 2.53. The zero-order chi connectivity index (χ0) is 21.0. The first-order valence-electron chi connectivity index (χ1n) is 9.39. The van der Waals surface area contributed by atoms with E-state index in [1.165, 1.54) is 15.8 Å². The molecule has 0 unspecified atom stereocenters. The van der Waals surface area contributed by atoms with Gasteiger partial charge in [-0.15, -0.1) is 0 Å². The highest BCUT2D eigenvalue weighted by Crippen LogP contribution is 2.11. The van der Waals surface area contributed by atoms with E-state index in [-0.39, 0.29) is 30.3 Å². The Labute approximate surface area is 169 Å². The molecule has 0 spiro atoms. The number of carbonyl (C=O) groups excluding carboxylic acids is 2. The normalized spacial score (nSPS) is 10.7. The van der Waals surface area contributed by atoms with Crippen LogP contribution in [0.25, 0.3) is 10.9 Å². The van der Waals surface area contributed by atoms with Crippen molar-refractivity contribution >= 4 is 22.7 Å². The van der Waals surface area contributed by atoms with Crippen molar-refractivity contribution in [3.05, 3.63) is 75.8 Å². The lowest BCUT2D eigenvalue weighted by atomic mass is 10.1. The fourth-order valence-corrected chi connectivity index (χ4v) is 3.03. The Bertz CT molecular complexity index is 1100. The molecule has 0 atom stereocenters. The van der Waals surface area contributed by atoms with Gasteiger partial charge in [0.25, 0.3) is 11.5 Å². The third-order valence-corrected chi connectivity index (χ3v) is 4.73. The molecule has 3 aromatic rings. The molecular formula is C22H24N4O3. The summed E-state index contributed by atoms with van der Waals surface area (Å²) in [6, 6.07) is 12.6. The van der Waals surface area contributed by atoms with Crippen LogP contribution >= 0.6 is 0 Å². The quantitative estimate of drug-likeness (QED) is 0.696. The topological polar surface area (TPSA) is 84.3 Å². The van der Waals surface area contributed by atoms with Gasteiger partial charge in [0.05, 0.1) is 17.2 Å². The van der Waals surface area contributed by atoms with Gasteiger partial charge in [-0.1, -0.05) is 24.3 Å². The maximum atomic E-state index is 12.6. The van der Waals surface area contributed by atoms with Crippen LogP contribution in [-0.4, -0.2) is 40.4 Å². The van der Waals surface area contributed by atoms with Crippen molar-refractivity contribution in [3.8, 4) is 0 Å². The van der Waals surface area contributed by atoms with Crippen LogP contribution < -0.4 is 10.9 Å². The Morgan fingerprint density at radius 2 is 1.83 bits per heavy atom. The van der Waals surface area contributed by atoms with E-state index in [0.717, 1.165) is 11.1 Å². The average Bonchev–Trinajstić information content (AvgIpc) is 2.72. The molecule has 0 saturated heterocycles. The summed E-state index contributed by atoms with van der Waals surface area (Å²) < 4.78 is 1.46. The van der Waals surface area contributed by atoms with Crippen LogP contribution in [0.4, 0.5) is 0 Å². The molecule has 1 N–H and O–H groups in total. The number of nitrogens with one attached hydrogen (secondary N) is 1. The highest BCUT2D eigenvalue weighted by molar-refractivity contribution is 5.93. The van der Waals surface area contributed by atoms with Crippen molar-refractivity contribution in [2.24, 2.45) is 0 Å². The van der Waals surface area contributed by atoms with E-state index in [9.17, 15) is 14.4 Å². The van der Waals surface area contributed by atoms with E-state index in [0.29, 0.717) is 23.0 Å². The highest BCUT2D eigenvalue weighted by Gasteiger charge is 2.09. The van der Waals surface area contributed by atoms with Gasteiger partial charge in [0.1, 0.15) is 0 Å². The number of nitrogens with zero attached hydrogens (tertiary/aromatic N) is 3. The number of fused-ring (bicyclic) bond motifs is 1. The number of aromatic nitrogens is 2. The van der Waals surface area contributed by atoms with E-state index < -0.39 is 0 Å². The zero-order valence-electron chi connectivity index (χ0n) is 16.8. The van der Waals surface area contributed by atoms with Gasteiger partial charge >= 0.3 is 0 Å². The van der Waals surface area contributed by atoms with Crippen molar-refractivity contribution in [3.63, 3.8) is 0 Å². The van der Waals surface area contributed by atoms with Gasteiger partial charge < -0.3 is 10.2 Å². The monoisotopic (exact) mass is 392 g/mol. The Morgan fingerprint density at radius 3 is 2.52 bits per heavy atom. The van der Waals surface area contributed by atoms with Crippen LogP contribution in [-0.2, 0) is 17.9 Å². The van der Waals surface area contributed by atoms with Crippen LogP contribution in [0.5, 0.6) is 0 Å². The van der Waals surface area contributed by atoms with E-state index in [2.05, 4.69) is 10.3 Å². The summed E-state index contributed by atoms with van der Waals surface area (Å²) in [5.41, 5.74) is 2.99. The molecule has 0 bridgehead atoms. The number of aryl methyl sites for hydroxylation is 2. The molecule has 29 heavy (non-hydrogen) atoms. The number of benzene rings is 2. The van der Waals surface area contributed by atoms with E-state index in [4.69, 9.17) is 0 Å². The number of rotatable bonds is 6. The van der Waals surface area contributed by atoms with Crippen LogP contribution in [0.3, 0.4) is 0 Å². The maximum Gasteiger partial charge on any atom is 0.261 e. The van der Waals surface area contributed by atoms with Gasteiger partial charge in [-0.3, -0.25) is 19.0 Å². The minimum absolute atomic E-state index is 0.0646. The molecule has 1 heterocycles. The van der Waals surface area contributed by atoms with Crippen molar-refractivity contribution in [2.75, 3.05) is 14.1 Å². The molecule has 1 aromatic heterocycles. The van der Waals surface area contributed by atoms with Gasteiger partial charge in [-0.2, -0.15) is 0 Å². The van der Waals surface area contributed by atoms with Gasteiger partial charge in [-0.25, -0.2) is 4.98 Å². The molecule has 3 rings (SSSR count). The minimum Gasteiger partial charge on any atom is -0.352 e. The molecule has 150 valence electrons. The molecule has 0 fully saturated rings. The first-order valence-corrected chi connectivity index (χ1v) is 9.39. The molecule has 2 amide bonds. The smallest absolute Gasteiger partial charge is 0.261 e. The zero-order valence-corrected chi connectivity index (χ0v) is 16.8. The Balaban J connectivity index is 1.57. The standard InChI is InChI=1S/C22H24N4O3/c1-15-5-4-6-18-20(15)24-14-26(22(18)29)12-11-19(27)23-13-16-7-9-17(10-8-16)21(28)25(2)3/h4-10,14H,11-13H2,1-3H3,(H,23,27). The fraction of sp³-hybridized carbons (Fsp3) is 0.273. The third-order valence-electron chi connectivity index (χ3n) is 4.73. The predicted octanol–water partition coefficient (Wildman–Crippen LogP) is 2.11. The van der Waals surface area contributed by atoms with Gasteiger partial charge in [-0.05, 0) is 36.2 Å². The molecule has 2 aromatic carbocycles. The van der Waals surface area contributed by atoms with Gasteiger partial charge in [0, 0.05) is 39.2 Å². The lowest BCUT2D eigenvalue weighted by Gasteiger charge is -2.11. The molecule has 0 saturated carbocycles. The van der Waals surface area contributed by atoms with Crippen LogP contribution in [0.15, 0.2) is 53.6 Å². The summed E-state index contributed by atoms with van der Waals surface area (Å²) in [5.74, 6) is -0.222. The Morgan fingerprint density at radius 1 is 1.10 bits per heavy atom. The number of hydrogen-bond acceptors (Lipinski definition) is 4. The fourth-order valence-electron chi connectivity index (χ4n) is 3.03. The number of carbonyl (C=O) groups is 2. The van der Waals surface area contributed by atoms with Gasteiger partial charge in [0.2, 0.25) is 5.91 Å². The first kappa shape index (κ1) is 20.3. The highest BCUT2D eigenvalue weighted by atomic mass is 16.2. The van der Waals surface area contributed by atoms with Crippen LogP contribution in [0.2, 0.25) is 0 Å². The van der Waals surface area contributed by atoms with Crippen molar-refractivity contribution in [1.82, 2.24) is 19.8 Å². The lowest BCUT2D eigenvalue weighted by Crippen LogP contribution is -2.27. The molecule has 0 aliphatic heterocycles. The van der Waals surface area contributed by atoms with Crippen LogP contribution in [0, 0.1) is 6.92 Å². The lowest BCUT2D eigenvalue weighted by molar-refractivity contribution is -0.121. The van der Waals surface area contributed by atoms with Crippen molar-refractivity contribution in [1.29, 1.82) is 0 Å². The minimum atomic E-state index is -0.158. The first-order chi connectivity index (χ1) is 13.9. The predicted molar refractivity (Wildman–Crippen MR) is 112 cm³/mol. The number of para-hydroxylation sites is 1. The average molecular weight is 392 g/mol. The summed E-state index contributed by atoms with van der Waals surface area (Å²) in [6.07, 6.45) is 1.67. The summed E-state index contributed by atoms with van der Waals surface area (Å²) >= 11 is 0. The molecule has 7 nitrogen and oxygen atoms in total. The number of hydrogen-bond donors (Lipinski definition) is 1. The molecule has 0 aliphatic rings. The molecule has 0 radical (unpaired) electrons. The van der Waals surface area contributed by atoms with Crippen molar-refractivity contribution < 1.29 is 9.59 Å². The van der Waals surface area contributed by atoms with Gasteiger partial charge in [0.15, 0.2) is 0 Å². The second kappa shape index (κ2) is 8.68. The second-order valence-electron chi connectivity index (χ2n) is 7.14. The van der Waals surface area contributed by atoms with Crippen molar-refractivity contribution in [2.45, 2.75) is 26.4 Å². The van der Waals surface area contributed by atoms with E-state index in [1.54, 1.807) is 32.3 Å². The SMILES string of the molecule is Cc1cccc2c(=O)n(CCC(=O)NCc3ccc(C(=O)N(C)C)cc3)cnc12. The summed E-state index contributed by atoms with van der Waals surface area (Å²) in [5, 5.41) is 3.39. The second-order valence-corrected chi connectivity index (χ2v) is 7.14. The maximum absolute atomic E-state index is 12.6. The van der Waals surface area contributed by atoms with Crippen LogP contribution in [0.1, 0.15) is 27.9 Å². The summed E-state index contributed by atoms with van der Waals surface area (Å²) in [7, 11) is 3.40. The molecular weight excluding hydrogens is 368 g/mol. The summed E-state index contributed by atoms with van der Waals surface area (Å²) in [4.78, 5) is 42.5. The van der Waals surface area contributed by atoms with E-state index >= 15 is 0 Å².